The molecule has 1 heterocycles. The van der Waals surface area contributed by atoms with Crippen LogP contribution in [-0.2, 0) is 9.59 Å². The van der Waals surface area contributed by atoms with Crippen molar-refractivity contribution in [1.29, 1.82) is 0 Å². The highest BCUT2D eigenvalue weighted by Gasteiger charge is 2.38. The van der Waals surface area contributed by atoms with Crippen molar-refractivity contribution < 1.29 is 9.59 Å². The summed E-state index contributed by atoms with van der Waals surface area (Å²) in [6.07, 6.45) is 3.38. The normalized spacial score (nSPS) is 23.2. The monoisotopic (exact) mass is 343 g/mol. The molecule has 1 N–H and O–H groups in total. The van der Waals surface area contributed by atoms with Gasteiger partial charge in [-0.2, -0.15) is 0 Å². The number of hydrogen-bond donors (Lipinski definition) is 1. The van der Waals surface area contributed by atoms with Gasteiger partial charge in [0.1, 0.15) is 0 Å². The van der Waals surface area contributed by atoms with Gasteiger partial charge in [-0.15, -0.1) is 0 Å². The number of likely N-dealkylation sites (tertiary alicyclic amines) is 1. The highest BCUT2D eigenvalue weighted by molar-refractivity contribution is 5.82. The third-order valence-corrected chi connectivity index (χ3v) is 5.61. The van der Waals surface area contributed by atoms with E-state index in [1.54, 1.807) is 0 Å². The van der Waals surface area contributed by atoms with E-state index in [4.69, 9.17) is 0 Å². The maximum Gasteiger partial charge on any atom is 0.224 e. The van der Waals surface area contributed by atoms with Crippen molar-refractivity contribution in [1.82, 2.24) is 10.2 Å². The molecule has 5 heteroatoms. The van der Waals surface area contributed by atoms with Crippen LogP contribution in [0.4, 0.5) is 5.69 Å². The second-order valence-corrected chi connectivity index (χ2v) is 7.42. The van der Waals surface area contributed by atoms with Crippen molar-refractivity contribution in [3.63, 3.8) is 0 Å². The van der Waals surface area contributed by atoms with E-state index in [-0.39, 0.29) is 17.7 Å². The van der Waals surface area contributed by atoms with Crippen LogP contribution in [0.5, 0.6) is 0 Å². The molecule has 0 aromatic heterocycles. The predicted molar refractivity (Wildman–Crippen MR) is 99.3 cm³/mol. The van der Waals surface area contributed by atoms with E-state index in [0.717, 1.165) is 32.4 Å². The van der Waals surface area contributed by atoms with Gasteiger partial charge in [0, 0.05) is 50.7 Å². The van der Waals surface area contributed by atoms with Gasteiger partial charge in [-0.25, -0.2) is 0 Å². The number of hydrogen-bond acceptors (Lipinski definition) is 3. The number of benzene rings is 1. The summed E-state index contributed by atoms with van der Waals surface area (Å²) in [6, 6.07) is 10.9. The molecule has 2 fully saturated rings. The van der Waals surface area contributed by atoms with Crippen molar-refractivity contribution in [2.45, 2.75) is 38.6 Å². The average molecular weight is 343 g/mol. The molecule has 0 unspecified atom stereocenters. The van der Waals surface area contributed by atoms with Crippen LogP contribution in [-0.4, -0.2) is 49.4 Å². The molecule has 2 amide bonds. The highest BCUT2D eigenvalue weighted by atomic mass is 16.2. The van der Waals surface area contributed by atoms with Crippen LogP contribution in [0.3, 0.4) is 0 Å². The third-order valence-electron chi connectivity index (χ3n) is 5.61. The molecule has 3 rings (SSSR count). The first-order valence-electron chi connectivity index (χ1n) is 9.39. The Labute approximate surface area is 150 Å². The number of carbonyl (C=O) groups excluding carboxylic acids is 2. The van der Waals surface area contributed by atoms with Gasteiger partial charge in [0.25, 0.3) is 0 Å². The molecule has 5 nitrogen and oxygen atoms in total. The van der Waals surface area contributed by atoms with Crippen molar-refractivity contribution in [3.05, 3.63) is 30.3 Å². The molecule has 2 atom stereocenters. The van der Waals surface area contributed by atoms with E-state index in [1.165, 1.54) is 5.69 Å². The van der Waals surface area contributed by atoms with Gasteiger partial charge in [-0.1, -0.05) is 25.1 Å². The molecule has 0 spiro atoms. The van der Waals surface area contributed by atoms with Gasteiger partial charge in [0.05, 0.1) is 0 Å². The fourth-order valence-electron chi connectivity index (χ4n) is 3.65. The van der Waals surface area contributed by atoms with E-state index < -0.39 is 0 Å². The SMILES string of the molecule is C[C@H]1C[C@@H]1C(=O)NCCC(=O)N1CCC(N(C)c2ccccc2)CC1. The Kier molecular flexibility index (Phi) is 5.61. The van der Waals surface area contributed by atoms with Gasteiger partial charge in [-0.05, 0) is 37.3 Å². The van der Waals surface area contributed by atoms with Crippen LogP contribution in [0, 0.1) is 11.8 Å². The van der Waals surface area contributed by atoms with Crippen LogP contribution in [0.2, 0.25) is 0 Å². The van der Waals surface area contributed by atoms with Gasteiger partial charge in [0.2, 0.25) is 11.8 Å². The number of rotatable bonds is 6. The Morgan fingerprint density at radius 3 is 2.44 bits per heavy atom. The molecule has 1 aromatic rings. The van der Waals surface area contributed by atoms with E-state index in [0.29, 0.717) is 24.9 Å². The van der Waals surface area contributed by atoms with E-state index >= 15 is 0 Å². The van der Waals surface area contributed by atoms with Gasteiger partial charge >= 0.3 is 0 Å². The van der Waals surface area contributed by atoms with Crippen LogP contribution < -0.4 is 10.2 Å². The van der Waals surface area contributed by atoms with E-state index in [9.17, 15) is 9.59 Å². The zero-order chi connectivity index (χ0) is 17.8. The molecule has 2 aliphatic rings. The Balaban J connectivity index is 1.38. The van der Waals surface area contributed by atoms with Crippen LogP contribution in [0.15, 0.2) is 30.3 Å². The third kappa shape index (κ3) is 4.53. The van der Waals surface area contributed by atoms with Crippen molar-refractivity contribution in [2.75, 3.05) is 31.6 Å². The standard InChI is InChI=1S/C20H29N3O2/c1-15-14-18(15)20(25)21-11-8-19(24)23-12-9-17(10-13-23)22(2)16-6-4-3-5-7-16/h3-7,15,17-18H,8-14H2,1-2H3,(H,21,25)/t15-,18-/m0/s1. The molecule has 136 valence electrons. The Morgan fingerprint density at radius 2 is 1.84 bits per heavy atom. The first-order chi connectivity index (χ1) is 12.1. The number of nitrogens with zero attached hydrogens (tertiary/aromatic N) is 2. The number of carbonyl (C=O) groups is 2. The predicted octanol–water partition coefficient (Wildman–Crippen LogP) is 2.28. The van der Waals surface area contributed by atoms with Crippen molar-refractivity contribution in [3.8, 4) is 0 Å². The number of nitrogens with one attached hydrogen (secondary N) is 1. The van der Waals surface area contributed by atoms with Gasteiger partial charge < -0.3 is 15.1 Å². The summed E-state index contributed by atoms with van der Waals surface area (Å²) in [6.45, 7) is 4.15. The molecule has 1 aromatic carbocycles. The maximum atomic E-state index is 12.3. The lowest BCUT2D eigenvalue weighted by Crippen LogP contribution is -2.46. The maximum absolute atomic E-state index is 12.3. The minimum absolute atomic E-state index is 0.114. The lowest BCUT2D eigenvalue weighted by molar-refractivity contribution is -0.132. The second-order valence-electron chi connectivity index (χ2n) is 7.42. The van der Waals surface area contributed by atoms with E-state index in [1.807, 2.05) is 11.0 Å². The van der Waals surface area contributed by atoms with E-state index in [2.05, 4.69) is 48.5 Å². The lowest BCUT2D eigenvalue weighted by Gasteiger charge is -2.38. The first kappa shape index (κ1) is 17.8. The average Bonchev–Trinajstić information content (AvgIpc) is 3.38. The number of amides is 2. The summed E-state index contributed by atoms with van der Waals surface area (Å²) in [5.74, 6) is 0.962. The molecular weight excluding hydrogens is 314 g/mol. The summed E-state index contributed by atoms with van der Waals surface area (Å²) in [7, 11) is 2.13. The molecule has 0 radical (unpaired) electrons. The van der Waals surface area contributed by atoms with Gasteiger partial charge in [0.15, 0.2) is 0 Å². The van der Waals surface area contributed by atoms with Crippen molar-refractivity contribution >= 4 is 17.5 Å². The number of anilines is 1. The van der Waals surface area contributed by atoms with Crippen LogP contribution >= 0.6 is 0 Å². The molecule has 0 bridgehead atoms. The molecule has 1 aliphatic heterocycles. The zero-order valence-electron chi connectivity index (χ0n) is 15.3. The fourth-order valence-corrected chi connectivity index (χ4v) is 3.65. The molecule has 25 heavy (non-hydrogen) atoms. The zero-order valence-corrected chi connectivity index (χ0v) is 15.3. The molecular formula is C20H29N3O2. The summed E-state index contributed by atoms with van der Waals surface area (Å²) in [4.78, 5) is 28.4. The fraction of sp³-hybridized carbons (Fsp3) is 0.600. The molecule has 1 aliphatic carbocycles. The summed E-state index contributed by atoms with van der Waals surface area (Å²) < 4.78 is 0. The molecule has 1 saturated heterocycles. The largest absolute Gasteiger partial charge is 0.371 e. The van der Waals surface area contributed by atoms with Gasteiger partial charge in [-0.3, -0.25) is 9.59 Å². The minimum atomic E-state index is 0.114. The number of piperidine rings is 1. The summed E-state index contributed by atoms with van der Waals surface area (Å²) >= 11 is 0. The second kappa shape index (κ2) is 7.89. The Bertz CT molecular complexity index is 596. The lowest BCUT2D eigenvalue weighted by atomic mass is 10.0. The summed E-state index contributed by atoms with van der Waals surface area (Å²) in [5.41, 5.74) is 1.23. The number of para-hydroxylation sites is 1. The topological polar surface area (TPSA) is 52.7 Å². The summed E-state index contributed by atoms with van der Waals surface area (Å²) in [5, 5.41) is 2.90. The van der Waals surface area contributed by atoms with Crippen LogP contribution in [0.25, 0.3) is 0 Å². The Morgan fingerprint density at radius 1 is 1.20 bits per heavy atom. The highest BCUT2D eigenvalue weighted by Crippen LogP contribution is 2.37. The molecule has 1 saturated carbocycles. The first-order valence-corrected chi connectivity index (χ1v) is 9.39. The smallest absolute Gasteiger partial charge is 0.224 e. The van der Waals surface area contributed by atoms with Crippen molar-refractivity contribution in [2.24, 2.45) is 11.8 Å². The minimum Gasteiger partial charge on any atom is -0.371 e. The Hall–Kier alpha value is -2.04. The van der Waals surface area contributed by atoms with Crippen LogP contribution in [0.1, 0.15) is 32.6 Å². The quantitative estimate of drug-likeness (QED) is 0.862.